The Morgan fingerprint density at radius 1 is 1.64 bits per heavy atom. The Morgan fingerprint density at radius 2 is 2.36 bits per heavy atom. The van der Waals surface area contributed by atoms with Gasteiger partial charge in [0.15, 0.2) is 0 Å². The molecule has 0 saturated carbocycles. The number of hydrogen-bond acceptors (Lipinski definition) is 4. The monoisotopic (exact) mass is 213 g/mol. The van der Waals surface area contributed by atoms with E-state index in [4.69, 9.17) is 4.74 Å². The van der Waals surface area contributed by atoms with Crippen molar-refractivity contribution in [2.75, 3.05) is 6.61 Å². The fourth-order valence-corrected chi connectivity index (χ4v) is 2.07. The van der Waals surface area contributed by atoms with Gasteiger partial charge in [0.2, 0.25) is 0 Å². The van der Waals surface area contributed by atoms with Gasteiger partial charge in [0, 0.05) is 6.42 Å². The van der Waals surface area contributed by atoms with Crippen molar-refractivity contribution in [2.24, 2.45) is 5.92 Å². The van der Waals surface area contributed by atoms with E-state index in [9.17, 15) is 4.79 Å². The molecular weight excluding hydrogens is 198 g/mol. The van der Waals surface area contributed by atoms with Crippen molar-refractivity contribution in [1.82, 2.24) is 4.98 Å². The van der Waals surface area contributed by atoms with Gasteiger partial charge >= 0.3 is 5.97 Å². The molecule has 0 aromatic carbocycles. The second-order valence-electron chi connectivity index (χ2n) is 3.44. The maximum absolute atomic E-state index is 11.3. The predicted molar refractivity (Wildman–Crippen MR) is 56.6 cm³/mol. The summed E-state index contributed by atoms with van der Waals surface area (Å²) in [6, 6.07) is 0. The first-order valence-electron chi connectivity index (χ1n) is 4.75. The summed E-state index contributed by atoms with van der Waals surface area (Å²) in [4.78, 5) is 16.1. The van der Waals surface area contributed by atoms with E-state index in [0.717, 1.165) is 11.4 Å². The number of hydrogen-bond donors (Lipinski definition) is 0. The van der Waals surface area contributed by atoms with E-state index in [1.807, 2.05) is 0 Å². The van der Waals surface area contributed by atoms with Crippen LogP contribution in [0.25, 0.3) is 0 Å². The standard InChI is InChI=1S/C10H15NO2S/c1-4-13-10(12)8-6-11-9(14-8)5-7(2)3/h6-7H,4-5H2,1-3H3. The topological polar surface area (TPSA) is 39.2 Å². The summed E-state index contributed by atoms with van der Waals surface area (Å²) in [5.74, 6) is 0.302. The molecule has 14 heavy (non-hydrogen) atoms. The highest BCUT2D eigenvalue weighted by molar-refractivity contribution is 7.13. The van der Waals surface area contributed by atoms with Gasteiger partial charge in [-0.05, 0) is 12.8 Å². The lowest BCUT2D eigenvalue weighted by atomic mass is 10.1. The van der Waals surface area contributed by atoms with E-state index < -0.39 is 0 Å². The molecule has 0 N–H and O–H groups in total. The van der Waals surface area contributed by atoms with Crippen LogP contribution >= 0.6 is 11.3 Å². The zero-order valence-electron chi connectivity index (χ0n) is 8.74. The molecule has 78 valence electrons. The first-order valence-corrected chi connectivity index (χ1v) is 5.57. The molecule has 0 spiro atoms. The van der Waals surface area contributed by atoms with Crippen molar-refractivity contribution in [3.63, 3.8) is 0 Å². The molecule has 1 aromatic heterocycles. The molecule has 0 radical (unpaired) electrons. The highest BCUT2D eigenvalue weighted by Gasteiger charge is 2.11. The number of nitrogens with zero attached hydrogens (tertiary/aromatic N) is 1. The molecule has 1 heterocycles. The summed E-state index contributed by atoms with van der Waals surface area (Å²) in [5, 5.41) is 1.00. The molecule has 0 fully saturated rings. The van der Waals surface area contributed by atoms with E-state index >= 15 is 0 Å². The smallest absolute Gasteiger partial charge is 0.349 e. The van der Waals surface area contributed by atoms with Crippen LogP contribution in [0.4, 0.5) is 0 Å². The van der Waals surface area contributed by atoms with Crippen LogP contribution in [-0.4, -0.2) is 17.6 Å². The van der Waals surface area contributed by atoms with Gasteiger partial charge in [-0.25, -0.2) is 9.78 Å². The molecular formula is C10H15NO2S. The highest BCUT2D eigenvalue weighted by atomic mass is 32.1. The lowest BCUT2D eigenvalue weighted by molar-refractivity contribution is 0.0532. The fraction of sp³-hybridized carbons (Fsp3) is 0.600. The van der Waals surface area contributed by atoms with Crippen molar-refractivity contribution >= 4 is 17.3 Å². The first-order chi connectivity index (χ1) is 6.63. The highest BCUT2D eigenvalue weighted by Crippen LogP contribution is 2.17. The third-order valence-electron chi connectivity index (χ3n) is 1.61. The summed E-state index contributed by atoms with van der Waals surface area (Å²) in [6.07, 6.45) is 2.52. The van der Waals surface area contributed by atoms with Gasteiger partial charge in [0.1, 0.15) is 4.88 Å². The van der Waals surface area contributed by atoms with E-state index in [1.54, 1.807) is 13.1 Å². The largest absolute Gasteiger partial charge is 0.462 e. The lowest BCUT2D eigenvalue weighted by Gasteiger charge is -1.98. The number of aromatic nitrogens is 1. The van der Waals surface area contributed by atoms with Gasteiger partial charge in [-0.3, -0.25) is 0 Å². The number of rotatable bonds is 4. The number of carbonyl (C=O) groups is 1. The maximum atomic E-state index is 11.3. The van der Waals surface area contributed by atoms with Crippen LogP contribution in [0.2, 0.25) is 0 Å². The summed E-state index contributed by atoms with van der Waals surface area (Å²) in [5.41, 5.74) is 0. The zero-order chi connectivity index (χ0) is 10.6. The van der Waals surface area contributed by atoms with Crippen LogP contribution in [0.1, 0.15) is 35.5 Å². The molecule has 0 aliphatic heterocycles. The van der Waals surface area contributed by atoms with Gasteiger partial charge in [0.25, 0.3) is 0 Å². The molecule has 0 amide bonds. The van der Waals surface area contributed by atoms with E-state index in [-0.39, 0.29) is 5.97 Å². The Balaban J connectivity index is 2.63. The number of carbonyl (C=O) groups excluding carboxylic acids is 1. The minimum atomic E-state index is -0.264. The summed E-state index contributed by atoms with van der Waals surface area (Å²) >= 11 is 1.42. The lowest BCUT2D eigenvalue weighted by Crippen LogP contribution is -2.01. The van der Waals surface area contributed by atoms with Crippen LogP contribution in [0.15, 0.2) is 6.20 Å². The van der Waals surface area contributed by atoms with Crippen molar-refractivity contribution in [3.05, 3.63) is 16.1 Å². The average Bonchev–Trinajstić information content (AvgIpc) is 2.52. The van der Waals surface area contributed by atoms with E-state index in [0.29, 0.717) is 17.4 Å². The third-order valence-corrected chi connectivity index (χ3v) is 2.61. The quantitative estimate of drug-likeness (QED) is 0.721. The van der Waals surface area contributed by atoms with Crippen molar-refractivity contribution < 1.29 is 9.53 Å². The van der Waals surface area contributed by atoms with Crippen molar-refractivity contribution in [3.8, 4) is 0 Å². The second kappa shape index (κ2) is 5.10. The van der Waals surface area contributed by atoms with Crippen LogP contribution in [-0.2, 0) is 11.2 Å². The molecule has 0 bridgehead atoms. The fourth-order valence-electron chi connectivity index (χ4n) is 1.05. The van der Waals surface area contributed by atoms with E-state index in [1.165, 1.54) is 11.3 Å². The Hall–Kier alpha value is -0.900. The van der Waals surface area contributed by atoms with Gasteiger partial charge in [0.05, 0.1) is 17.8 Å². The third kappa shape index (κ3) is 3.10. The molecule has 4 heteroatoms. The number of esters is 1. The average molecular weight is 213 g/mol. The molecule has 0 saturated heterocycles. The Morgan fingerprint density at radius 3 is 2.93 bits per heavy atom. The molecule has 1 rings (SSSR count). The van der Waals surface area contributed by atoms with Gasteiger partial charge in [-0.15, -0.1) is 11.3 Å². The molecule has 3 nitrogen and oxygen atoms in total. The summed E-state index contributed by atoms with van der Waals surface area (Å²) in [6.45, 7) is 6.47. The van der Waals surface area contributed by atoms with Crippen molar-refractivity contribution in [2.45, 2.75) is 27.2 Å². The zero-order valence-corrected chi connectivity index (χ0v) is 9.56. The predicted octanol–water partition coefficient (Wildman–Crippen LogP) is 2.52. The Bertz CT molecular complexity index is 307. The SMILES string of the molecule is CCOC(=O)c1cnc(CC(C)C)s1. The van der Waals surface area contributed by atoms with Crippen LogP contribution < -0.4 is 0 Å². The molecule has 1 aromatic rings. The number of ether oxygens (including phenoxy) is 1. The van der Waals surface area contributed by atoms with Gasteiger partial charge in [-0.1, -0.05) is 13.8 Å². The minimum Gasteiger partial charge on any atom is -0.462 e. The molecule has 0 atom stereocenters. The second-order valence-corrected chi connectivity index (χ2v) is 4.55. The number of thiazole rings is 1. The minimum absolute atomic E-state index is 0.264. The summed E-state index contributed by atoms with van der Waals surface area (Å²) < 4.78 is 4.88. The molecule has 0 aliphatic carbocycles. The van der Waals surface area contributed by atoms with Crippen LogP contribution in [0.3, 0.4) is 0 Å². The Labute approximate surface area is 88.1 Å². The molecule has 0 unspecified atom stereocenters. The van der Waals surface area contributed by atoms with Crippen molar-refractivity contribution in [1.29, 1.82) is 0 Å². The van der Waals surface area contributed by atoms with Gasteiger partial charge in [-0.2, -0.15) is 0 Å². The first kappa shape index (κ1) is 11.2. The Kier molecular flexibility index (Phi) is 4.07. The maximum Gasteiger partial charge on any atom is 0.349 e. The van der Waals surface area contributed by atoms with Crippen LogP contribution in [0, 0.1) is 5.92 Å². The van der Waals surface area contributed by atoms with Crippen LogP contribution in [0.5, 0.6) is 0 Å². The molecule has 0 aliphatic rings. The van der Waals surface area contributed by atoms with Gasteiger partial charge < -0.3 is 4.74 Å². The summed E-state index contributed by atoms with van der Waals surface area (Å²) in [7, 11) is 0. The normalized spacial score (nSPS) is 10.6. The van der Waals surface area contributed by atoms with E-state index in [2.05, 4.69) is 18.8 Å².